The van der Waals surface area contributed by atoms with Crippen molar-refractivity contribution in [2.24, 2.45) is 0 Å². The fraction of sp³-hybridized carbons (Fsp3) is 0.133. The first-order chi connectivity index (χ1) is 9.13. The van der Waals surface area contributed by atoms with Gasteiger partial charge in [-0.25, -0.2) is 4.39 Å². The summed E-state index contributed by atoms with van der Waals surface area (Å²) in [5.74, 6) is -0.0790. The summed E-state index contributed by atoms with van der Waals surface area (Å²) in [6.45, 7) is 2.02. The minimum absolute atomic E-state index is 0.0998. The molecule has 0 aliphatic carbocycles. The van der Waals surface area contributed by atoms with Crippen molar-refractivity contribution in [3.05, 3.63) is 59.9 Å². The van der Waals surface area contributed by atoms with Crippen molar-refractivity contribution >= 4 is 23.4 Å². The molecule has 2 aromatic rings. The summed E-state index contributed by atoms with van der Waals surface area (Å²) in [5.41, 5.74) is 1.80. The quantitative estimate of drug-likeness (QED) is 0.858. The van der Waals surface area contributed by atoms with Crippen LogP contribution in [0.5, 0.6) is 0 Å². The SMILES string of the molecule is Cc1ccc(SCC(=O)Nc2ccc(F)cc2)cc1. The van der Waals surface area contributed by atoms with Gasteiger partial charge in [0.2, 0.25) is 5.91 Å². The maximum atomic E-state index is 12.7. The Hall–Kier alpha value is -1.81. The summed E-state index contributed by atoms with van der Waals surface area (Å²) < 4.78 is 12.7. The van der Waals surface area contributed by atoms with E-state index in [0.29, 0.717) is 11.4 Å². The molecule has 0 saturated carbocycles. The largest absolute Gasteiger partial charge is 0.325 e. The molecule has 98 valence electrons. The molecule has 0 aliphatic rings. The van der Waals surface area contributed by atoms with Crippen molar-refractivity contribution in [3.8, 4) is 0 Å². The smallest absolute Gasteiger partial charge is 0.234 e. The minimum atomic E-state index is -0.313. The third kappa shape index (κ3) is 4.41. The van der Waals surface area contributed by atoms with Gasteiger partial charge in [0.05, 0.1) is 5.75 Å². The highest BCUT2D eigenvalue weighted by molar-refractivity contribution is 8.00. The fourth-order valence-corrected chi connectivity index (χ4v) is 2.21. The second-order valence-corrected chi connectivity index (χ2v) is 5.21. The Morgan fingerprint density at radius 1 is 1.11 bits per heavy atom. The van der Waals surface area contributed by atoms with Crippen LogP contribution >= 0.6 is 11.8 Å². The minimum Gasteiger partial charge on any atom is -0.325 e. The van der Waals surface area contributed by atoms with Gasteiger partial charge >= 0.3 is 0 Å². The lowest BCUT2D eigenvalue weighted by molar-refractivity contribution is -0.113. The average molecular weight is 275 g/mol. The first-order valence-electron chi connectivity index (χ1n) is 5.88. The lowest BCUT2D eigenvalue weighted by atomic mass is 10.2. The molecular formula is C15H14FNOS. The van der Waals surface area contributed by atoms with Gasteiger partial charge in [0.1, 0.15) is 5.82 Å². The van der Waals surface area contributed by atoms with Gasteiger partial charge in [-0.1, -0.05) is 17.7 Å². The van der Waals surface area contributed by atoms with Crippen molar-refractivity contribution in [1.82, 2.24) is 0 Å². The number of anilines is 1. The summed E-state index contributed by atoms with van der Waals surface area (Å²) in [7, 11) is 0. The molecule has 0 spiro atoms. The Balaban J connectivity index is 1.84. The van der Waals surface area contributed by atoms with Crippen molar-refractivity contribution < 1.29 is 9.18 Å². The normalized spacial score (nSPS) is 10.2. The van der Waals surface area contributed by atoms with Crippen LogP contribution in [0.1, 0.15) is 5.56 Å². The molecule has 4 heteroatoms. The maximum Gasteiger partial charge on any atom is 0.234 e. The predicted octanol–water partition coefficient (Wildman–Crippen LogP) is 3.86. The van der Waals surface area contributed by atoms with Crippen LogP contribution in [-0.2, 0) is 4.79 Å². The van der Waals surface area contributed by atoms with Crippen LogP contribution in [0.15, 0.2) is 53.4 Å². The van der Waals surface area contributed by atoms with Gasteiger partial charge in [-0.3, -0.25) is 4.79 Å². The zero-order valence-corrected chi connectivity index (χ0v) is 11.3. The number of thioether (sulfide) groups is 1. The third-order valence-corrected chi connectivity index (χ3v) is 3.53. The van der Waals surface area contributed by atoms with Crippen LogP contribution in [0.3, 0.4) is 0 Å². The Bertz CT molecular complexity index is 551. The monoisotopic (exact) mass is 275 g/mol. The topological polar surface area (TPSA) is 29.1 Å². The number of nitrogens with one attached hydrogen (secondary N) is 1. The highest BCUT2D eigenvalue weighted by atomic mass is 32.2. The summed E-state index contributed by atoms with van der Waals surface area (Å²) in [6.07, 6.45) is 0. The molecule has 0 saturated heterocycles. The molecule has 0 aliphatic heterocycles. The molecule has 0 radical (unpaired) electrons. The van der Waals surface area contributed by atoms with E-state index in [-0.39, 0.29) is 11.7 Å². The van der Waals surface area contributed by atoms with Gasteiger partial charge in [-0.2, -0.15) is 0 Å². The highest BCUT2D eigenvalue weighted by Crippen LogP contribution is 2.18. The Morgan fingerprint density at radius 3 is 2.37 bits per heavy atom. The van der Waals surface area contributed by atoms with Crippen LogP contribution < -0.4 is 5.32 Å². The number of hydrogen-bond acceptors (Lipinski definition) is 2. The lowest BCUT2D eigenvalue weighted by Gasteiger charge is -2.05. The maximum absolute atomic E-state index is 12.7. The van der Waals surface area contributed by atoms with Crippen molar-refractivity contribution in [1.29, 1.82) is 0 Å². The van der Waals surface area contributed by atoms with E-state index >= 15 is 0 Å². The van der Waals surface area contributed by atoms with Crippen LogP contribution in [-0.4, -0.2) is 11.7 Å². The second-order valence-electron chi connectivity index (χ2n) is 4.16. The third-order valence-electron chi connectivity index (χ3n) is 2.52. The molecule has 0 heterocycles. The number of hydrogen-bond donors (Lipinski definition) is 1. The van der Waals surface area contributed by atoms with Crippen LogP contribution in [0, 0.1) is 12.7 Å². The molecule has 0 bridgehead atoms. The molecule has 0 aromatic heterocycles. The summed E-state index contributed by atoms with van der Waals surface area (Å²) in [5, 5.41) is 2.72. The molecular weight excluding hydrogens is 261 g/mol. The van der Waals surface area contributed by atoms with E-state index in [1.165, 1.54) is 29.5 Å². The van der Waals surface area contributed by atoms with E-state index in [1.807, 2.05) is 31.2 Å². The second kappa shape index (κ2) is 6.38. The van der Waals surface area contributed by atoms with E-state index in [4.69, 9.17) is 0 Å². The van der Waals surface area contributed by atoms with Crippen LogP contribution in [0.25, 0.3) is 0 Å². The Labute approximate surface area is 116 Å². The zero-order chi connectivity index (χ0) is 13.7. The number of halogens is 1. The first kappa shape index (κ1) is 13.6. The van der Waals surface area contributed by atoms with Crippen molar-refractivity contribution in [3.63, 3.8) is 0 Å². The molecule has 1 amide bonds. The zero-order valence-electron chi connectivity index (χ0n) is 10.5. The van der Waals surface area contributed by atoms with E-state index < -0.39 is 0 Å². The Morgan fingerprint density at radius 2 is 1.74 bits per heavy atom. The van der Waals surface area contributed by atoms with E-state index in [0.717, 1.165) is 4.90 Å². The molecule has 2 aromatic carbocycles. The summed E-state index contributed by atoms with van der Waals surface area (Å²) in [6, 6.07) is 13.7. The molecule has 2 nitrogen and oxygen atoms in total. The first-order valence-corrected chi connectivity index (χ1v) is 6.87. The van der Waals surface area contributed by atoms with E-state index in [2.05, 4.69) is 5.32 Å². The van der Waals surface area contributed by atoms with Crippen LogP contribution in [0.4, 0.5) is 10.1 Å². The molecule has 2 rings (SSSR count). The number of benzene rings is 2. The number of amides is 1. The number of rotatable bonds is 4. The van der Waals surface area contributed by atoms with Gasteiger partial charge in [0.15, 0.2) is 0 Å². The molecule has 19 heavy (non-hydrogen) atoms. The van der Waals surface area contributed by atoms with Gasteiger partial charge in [-0.05, 0) is 43.3 Å². The van der Waals surface area contributed by atoms with Crippen LogP contribution in [0.2, 0.25) is 0 Å². The van der Waals surface area contributed by atoms with Gasteiger partial charge in [-0.15, -0.1) is 11.8 Å². The van der Waals surface area contributed by atoms with E-state index in [1.54, 1.807) is 12.1 Å². The summed E-state index contributed by atoms with van der Waals surface area (Å²) in [4.78, 5) is 12.8. The molecule has 1 N–H and O–H groups in total. The highest BCUT2D eigenvalue weighted by Gasteiger charge is 2.03. The number of carbonyl (C=O) groups excluding carboxylic acids is 1. The standard InChI is InChI=1S/C15H14FNOS/c1-11-2-8-14(9-3-11)19-10-15(18)17-13-6-4-12(16)5-7-13/h2-9H,10H2,1H3,(H,17,18). The molecule has 0 fully saturated rings. The fourth-order valence-electron chi connectivity index (χ4n) is 1.51. The summed E-state index contributed by atoms with van der Waals surface area (Å²) >= 11 is 1.47. The van der Waals surface area contributed by atoms with Crippen molar-refractivity contribution in [2.75, 3.05) is 11.1 Å². The molecule has 0 atom stereocenters. The Kier molecular flexibility index (Phi) is 4.58. The van der Waals surface area contributed by atoms with Gasteiger partial charge in [0.25, 0.3) is 0 Å². The molecule has 0 unspecified atom stereocenters. The van der Waals surface area contributed by atoms with Crippen molar-refractivity contribution in [2.45, 2.75) is 11.8 Å². The predicted molar refractivity (Wildman–Crippen MR) is 76.9 cm³/mol. The van der Waals surface area contributed by atoms with Gasteiger partial charge in [0, 0.05) is 10.6 Å². The van der Waals surface area contributed by atoms with Gasteiger partial charge < -0.3 is 5.32 Å². The lowest BCUT2D eigenvalue weighted by Crippen LogP contribution is -2.13. The number of aryl methyl sites for hydroxylation is 1. The average Bonchev–Trinajstić information content (AvgIpc) is 2.41. The van der Waals surface area contributed by atoms with E-state index in [9.17, 15) is 9.18 Å². The number of carbonyl (C=O) groups is 1.